The van der Waals surface area contributed by atoms with E-state index in [0.717, 1.165) is 9.90 Å². The molecule has 0 fully saturated rings. The van der Waals surface area contributed by atoms with Crippen LogP contribution in [-0.4, -0.2) is 28.4 Å². The van der Waals surface area contributed by atoms with Crippen molar-refractivity contribution in [3.8, 4) is 5.75 Å². The Bertz CT molecular complexity index is 543. The normalized spacial score (nSPS) is 10.3. The number of rotatable bonds is 5. The zero-order valence-electron chi connectivity index (χ0n) is 9.49. The zero-order chi connectivity index (χ0) is 13.0. The lowest BCUT2D eigenvalue weighted by molar-refractivity contribution is 0.0696. The third-order valence-electron chi connectivity index (χ3n) is 2.22. The highest BCUT2D eigenvalue weighted by molar-refractivity contribution is 8.00. The molecule has 0 aliphatic rings. The van der Waals surface area contributed by atoms with Gasteiger partial charge in [0.25, 0.3) is 0 Å². The number of carbonyl (C=O) groups is 1. The maximum Gasteiger partial charge on any atom is 0.335 e. The van der Waals surface area contributed by atoms with Crippen molar-refractivity contribution in [1.29, 1.82) is 0 Å². The van der Waals surface area contributed by atoms with E-state index in [1.54, 1.807) is 24.8 Å². The van der Waals surface area contributed by atoms with Crippen LogP contribution in [0, 0.1) is 0 Å². The number of ether oxygens (including phenoxy) is 1. The fourth-order valence-electron chi connectivity index (χ4n) is 1.39. The van der Waals surface area contributed by atoms with Crippen LogP contribution in [-0.2, 0) is 5.75 Å². The second-order valence-electron chi connectivity index (χ2n) is 3.33. The number of thioether (sulfide) groups is 1. The van der Waals surface area contributed by atoms with Crippen molar-refractivity contribution in [3.05, 3.63) is 34.8 Å². The van der Waals surface area contributed by atoms with Gasteiger partial charge < -0.3 is 9.84 Å². The van der Waals surface area contributed by atoms with Crippen molar-refractivity contribution in [1.82, 2.24) is 10.2 Å². The molecule has 5 nitrogen and oxygen atoms in total. The Morgan fingerprint density at radius 2 is 2.39 bits per heavy atom. The van der Waals surface area contributed by atoms with Crippen molar-refractivity contribution in [2.45, 2.75) is 10.1 Å². The van der Waals surface area contributed by atoms with Crippen LogP contribution >= 0.6 is 23.1 Å². The van der Waals surface area contributed by atoms with Crippen LogP contribution in [0.2, 0.25) is 0 Å². The Morgan fingerprint density at radius 1 is 1.56 bits per heavy atom. The average Bonchev–Trinajstić information content (AvgIpc) is 2.89. The lowest BCUT2D eigenvalue weighted by Crippen LogP contribution is -1.99. The van der Waals surface area contributed by atoms with Crippen LogP contribution in [0.5, 0.6) is 5.75 Å². The van der Waals surface area contributed by atoms with E-state index >= 15 is 0 Å². The van der Waals surface area contributed by atoms with E-state index in [1.165, 1.54) is 29.2 Å². The number of carboxylic acids is 1. The SMILES string of the molecule is COc1ccc(C(=O)O)cc1CSc1nncs1. The summed E-state index contributed by atoms with van der Waals surface area (Å²) < 4.78 is 6.06. The predicted octanol–water partition coefficient (Wildman–Crippen LogP) is 2.54. The number of aromatic nitrogens is 2. The van der Waals surface area contributed by atoms with Gasteiger partial charge in [0.2, 0.25) is 0 Å². The average molecular weight is 282 g/mol. The number of hydrogen-bond donors (Lipinski definition) is 1. The highest BCUT2D eigenvalue weighted by Crippen LogP contribution is 2.29. The molecule has 2 rings (SSSR count). The van der Waals surface area contributed by atoms with Gasteiger partial charge in [-0.3, -0.25) is 0 Å². The van der Waals surface area contributed by atoms with E-state index in [2.05, 4.69) is 10.2 Å². The number of nitrogens with zero attached hydrogens (tertiary/aromatic N) is 2. The molecule has 0 aliphatic carbocycles. The summed E-state index contributed by atoms with van der Waals surface area (Å²) in [6.07, 6.45) is 0. The van der Waals surface area contributed by atoms with Crippen LogP contribution in [0.3, 0.4) is 0 Å². The van der Waals surface area contributed by atoms with E-state index in [9.17, 15) is 4.79 Å². The summed E-state index contributed by atoms with van der Waals surface area (Å²) in [5, 5.41) is 16.6. The smallest absolute Gasteiger partial charge is 0.335 e. The maximum absolute atomic E-state index is 10.9. The molecule has 94 valence electrons. The number of hydrogen-bond acceptors (Lipinski definition) is 6. The van der Waals surface area contributed by atoms with Crippen molar-refractivity contribution < 1.29 is 14.6 Å². The second-order valence-corrected chi connectivity index (χ2v) is 5.38. The molecule has 0 bridgehead atoms. The van der Waals surface area contributed by atoms with Crippen LogP contribution < -0.4 is 4.74 Å². The molecule has 7 heteroatoms. The third kappa shape index (κ3) is 2.99. The molecule has 0 saturated carbocycles. The van der Waals surface area contributed by atoms with Gasteiger partial charge in [0.05, 0.1) is 12.7 Å². The van der Waals surface area contributed by atoms with Gasteiger partial charge in [0.1, 0.15) is 11.3 Å². The minimum Gasteiger partial charge on any atom is -0.496 e. The van der Waals surface area contributed by atoms with Gasteiger partial charge in [-0.25, -0.2) is 4.79 Å². The summed E-state index contributed by atoms with van der Waals surface area (Å²) in [6.45, 7) is 0. The first-order valence-corrected chi connectivity index (χ1v) is 6.86. The van der Waals surface area contributed by atoms with Gasteiger partial charge in [-0.1, -0.05) is 23.1 Å². The molecular weight excluding hydrogens is 272 g/mol. The first-order chi connectivity index (χ1) is 8.70. The van der Waals surface area contributed by atoms with Gasteiger partial charge in [-0.15, -0.1) is 10.2 Å². The topological polar surface area (TPSA) is 72.3 Å². The minimum absolute atomic E-state index is 0.253. The summed E-state index contributed by atoms with van der Waals surface area (Å²) >= 11 is 2.95. The molecule has 1 aromatic carbocycles. The van der Waals surface area contributed by atoms with Crippen LogP contribution in [0.25, 0.3) is 0 Å². The molecule has 0 saturated heterocycles. The van der Waals surface area contributed by atoms with E-state index in [0.29, 0.717) is 11.5 Å². The second kappa shape index (κ2) is 5.83. The largest absolute Gasteiger partial charge is 0.496 e. The van der Waals surface area contributed by atoms with Gasteiger partial charge in [-0.2, -0.15) is 0 Å². The van der Waals surface area contributed by atoms with Gasteiger partial charge in [-0.05, 0) is 18.2 Å². The lowest BCUT2D eigenvalue weighted by atomic mass is 10.1. The molecule has 1 heterocycles. The Hall–Kier alpha value is -1.60. The predicted molar refractivity (Wildman–Crippen MR) is 69.4 cm³/mol. The molecule has 0 atom stereocenters. The van der Waals surface area contributed by atoms with Crippen molar-refractivity contribution in [2.75, 3.05) is 7.11 Å². The van der Waals surface area contributed by atoms with E-state index in [-0.39, 0.29) is 5.56 Å². The number of carboxylic acid groups (broad SMARTS) is 1. The molecule has 0 radical (unpaired) electrons. The lowest BCUT2D eigenvalue weighted by Gasteiger charge is -2.08. The van der Waals surface area contributed by atoms with E-state index in [1.807, 2.05) is 0 Å². The number of benzene rings is 1. The fourth-order valence-corrected chi connectivity index (χ4v) is 2.86. The first-order valence-electron chi connectivity index (χ1n) is 5.00. The highest BCUT2D eigenvalue weighted by Gasteiger charge is 2.10. The van der Waals surface area contributed by atoms with Crippen LogP contribution in [0.15, 0.2) is 28.0 Å². The first kappa shape index (κ1) is 12.8. The summed E-state index contributed by atoms with van der Waals surface area (Å²) in [5.41, 5.74) is 2.74. The van der Waals surface area contributed by atoms with Crippen LogP contribution in [0.1, 0.15) is 15.9 Å². The quantitative estimate of drug-likeness (QED) is 0.850. The standard InChI is InChI=1S/C11H10N2O3S2/c1-16-9-3-2-7(10(14)15)4-8(9)5-17-11-13-12-6-18-11/h2-4,6H,5H2,1H3,(H,14,15). The van der Waals surface area contributed by atoms with Gasteiger partial charge in [0.15, 0.2) is 4.34 Å². The summed E-state index contributed by atoms with van der Waals surface area (Å²) in [6, 6.07) is 4.81. The fraction of sp³-hybridized carbons (Fsp3) is 0.182. The maximum atomic E-state index is 10.9. The molecule has 2 aromatic rings. The number of methoxy groups -OCH3 is 1. The van der Waals surface area contributed by atoms with Crippen LogP contribution in [0.4, 0.5) is 0 Å². The van der Waals surface area contributed by atoms with E-state index < -0.39 is 5.97 Å². The monoisotopic (exact) mass is 282 g/mol. The molecule has 0 spiro atoms. The number of aromatic carboxylic acids is 1. The Morgan fingerprint density at radius 3 is 3.00 bits per heavy atom. The molecule has 0 amide bonds. The van der Waals surface area contributed by atoms with Gasteiger partial charge in [0, 0.05) is 11.3 Å². The Kier molecular flexibility index (Phi) is 4.16. The summed E-state index contributed by atoms with van der Waals surface area (Å²) in [7, 11) is 1.56. The molecule has 0 aliphatic heterocycles. The van der Waals surface area contributed by atoms with Crippen molar-refractivity contribution in [3.63, 3.8) is 0 Å². The van der Waals surface area contributed by atoms with Crippen molar-refractivity contribution >= 4 is 29.1 Å². The zero-order valence-corrected chi connectivity index (χ0v) is 11.1. The van der Waals surface area contributed by atoms with E-state index in [4.69, 9.17) is 9.84 Å². The minimum atomic E-state index is -0.945. The highest BCUT2D eigenvalue weighted by atomic mass is 32.2. The third-order valence-corrected chi connectivity index (χ3v) is 4.13. The summed E-state index contributed by atoms with van der Waals surface area (Å²) in [5.74, 6) is 0.330. The Balaban J connectivity index is 2.18. The molecule has 1 N–H and O–H groups in total. The molecule has 18 heavy (non-hydrogen) atoms. The van der Waals surface area contributed by atoms with Crippen molar-refractivity contribution in [2.24, 2.45) is 0 Å². The molecule has 1 aromatic heterocycles. The molecule has 0 unspecified atom stereocenters. The summed E-state index contributed by atoms with van der Waals surface area (Å²) in [4.78, 5) is 10.9. The Labute approximate surface area is 112 Å². The molecular formula is C11H10N2O3S2. The van der Waals surface area contributed by atoms with Gasteiger partial charge >= 0.3 is 5.97 Å².